The third kappa shape index (κ3) is 6.14. The SMILES string of the molecule is CC(N)COC(C)CCOC(c1ccccc1)c1ccccc1. The maximum absolute atomic E-state index is 6.18. The summed E-state index contributed by atoms with van der Waals surface area (Å²) in [6.07, 6.45) is 0.953. The molecule has 2 atom stereocenters. The molecular weight excluding hydrogens is 286 g/mol. The second-order valence-electron chi connectivity index (χ2n) is 5.98. The second-order valence-corrected chi connectivity index (χ2v) is 5.98. The van der Waals surface area contributed by atoms with Crippen LogP contribution in [0.1, 0.15) is 37.5 Å². The van der Waals surface area contributed by atoms with Crippen molar-refractivity contribution in [2.75, 3.05) is 13.2 Å². The number of nitrogens with two attached hydrogens (primary N) is 1. The topological polar surface area (TPSA) is 44.5 Å². The van der Waals surface area contributed by atoms with Crippen molar-refractivity contribution in [3.05, 3.63) is 71.8 Å². The van der Waals surface area contributed by atoms with E-state index in [1.807, 2.05) is 43.3 Å². The Morgan fingerprint density at radius 1 is 0.826 bits per heavy atom. The van der Waals surface area contributed by atoms with E-state index < -0.39 is 0 Å². The fourth-order valence-corrected chi connectivity index (χ4v) is 2.39. The predicted molar refractivity (Wildman–Crippen MR) is 94.4 cm³/mol. The zero-order valence-corrected chi connectivity index (χ0v) is 14.0. The molecular formula is C20H27NO2. The van der Waals surface area contributed by atoms with Crippen molar-refractivity contribution in [1.29, 1.82) is 0 Å². The van der Waals surface area contributed by atoms with E-state index in [0.29, 0.717) is 13.2 Å². The summed E-state index contributed by atoms with van der Waals surface area (Å²) in [6, 6.07) is 20.7. The van der Waals surface area contributed by atoms with Crippen LogP contribution in [-0.2, 0) is 9.47 Å². The van der Waals surface area contributed by atoms with E-state index in [1.54, 1.807) is 0 Å². The lowest BCUT2D eigenvalue weighted by Crippen LogP contribution is -2.25. The number of hydrogen-bond acceptors (Lipinski definition) is 3. The fraction of sp³-hybridized carbons (Fsp3) is 0.400. The molecule has 0 aliphatic carbocycles. The van der Waals surface area contributed by atoms with Gasteiger partial charge in [-0.1, -0.05) is 60.7 Å². The van der Waals surface area contributed by atoms with Gasteiger partial charge in [-0.05, 0) is 31.4 Å². The Morgan fingerprint density at radius 2 is 1.35 bits per heavy atom. The molecule has 2 aromatic rings. The molecule has 0 saturated heterocycles. The minimum absolute atomic E-state index is 0.0435. The molecule has 0 heterocycles. The van der Waals surface area contributed by atoms with Crippen molar-refractivity contribution in [2.45, 2.75) is 38.5 Å². The zero-order valence-electron chi connectivity index (χ0n) is 14.0. The van der Waals surface area contributed by atoms with Crippen LogP contribution in [0.25, 0.3) is 0 Å². The third-order valence-electron chi connectivity index (χ3n) is 3.66. The summed E-state index contributed by atoms with van der Waals surface area (Å²) >= 11 is 0. The predicted octanol–water partition coefficient (Wildman–Crippen LogP) is 3.94. The van der Waals surface area contributed by atoms with Crippen molar-refractivity contribution in [1.82, 2.24) is 0 Å². The first-order valence-electron chi connectivity index (χ1n) is 8.25. The van der Waals surface area contributed by atoms with Crippen LogP contribution in [0.3, 0.4) is 0 Å². The number of rotatable bonds is 9. The van der Waals surface area contributed by atoms with E-state index in [-0.39, 0.29) is 18.2 Å². The van der Waals surface area contributed by atoms with Crippen LogP contribution in [0.5, 0.6) is 0 Å². The molecule has 0 amide bonds. The third-order valence-corrected chi connectivity index (χ3v) is 3.66. The maximum atomic E-state index is 6.18. The Kier molecular flexibility index (Phi) is 7.27. The summed E-state index contributed by atoms with van der Waals surface area (Å²) in [5.41, 5.74) is 8.05. The van der Waals surface area contributed by atoms with Gasteiger partial charge < -0.3 is 15.2 Å². The van der Waals surface area contributed by atoms with Crippen LogP contribution in [0.4, 0.5) is 0 Å². The molecule has 0 spiro atoms. The molecule has 0 saturated carbocycles. The molecule has 124 valence electrons. The lowest BCUT2D eigenvalue weighted by molar-refractivity contribution is 0.0126. The Bertz CT molecular complexity index is 503. The van der Waals surface area contributed by atoms with Crippen LogP contribution in [0.15, 0.2) is 60.7 Å². The van der Waals surface area contributed by atoms with Crippen molar-refractivity contribution >= 4 is 0 Å². The molecule has 2 N–H and O–H groups in total. The van der Waals surface area contributed by atoms with Crippen LogP contribution in [0, 0.1) is 0 Å². The largest absolute Gasteiger partial charge is 0.377 e. The number of benzene rings is 2. The molecule has 0 aliphatic rings. The summed E-state index contributed by atoms with van der Waals surface area (Å²) in [7, 11) is 0. The summed E-state index contributed by atoms with van der Waals surface area (Å²) in [5, 5.41) is 0. The maximum Gasteiger partial charge on any atom is 0.108 e. The van der Waals surface area contributed by atoms with Gasteiger partial charge in [-0.25, -0.2) is 0 Å². The van der Waals surface area contributed by atoms with Crippen molar-refractivity contribution in [3.63, 3.8) is 0 Å². The Hall–Kier alpha value is -1.68. The van der Waals surface area contributed by atoms with Gasteiger partial charge in [-0.2, -0.15) is 0 Å². The highest BCUT2D eigenvalue weighted by Crippen LogP contribution is 2.26. The standard InChI is InChI=1S/C20H27NO2/c1-16(21)15-23-17(2)13-14-22-20(18-9-5-3-6-10-18)19-11-7-4-8-12-19/h3-12,16-17,20H,13-15,21H2,1-2H3. The van der Waals surface area contributed by atoms with E-state index in [9.17, 15) is 0 Å². The van der Waals surface area contributed by atoms with Gasteiger partial charge >= 0.3 is 0 Å². The Balaban J connectivity index is 1.94. The molecule has 23 heavy (non-hydrogen) atoms. The van der Waals surface area contributed by atoms with Crippen molar-refractivity contribution in [2.24, 2.45) is 5.73 Å². The minimum atomic E-state index is -0.0435. The summed E-state index contributed by atoms with van der Waals surface area (Å²) in [4.78, 5) is 0. The van der Waals surface area contributed by atoms with Gasteiger partial charge in [0.2, 0.25) is 0 Å². The van der Waals surface area contributed by atoms with Gasteiger partial charge in [0.15, 0.2) is 0 Å². The zero-order chi connectivity index (χ0) is 16.5. The molecule has 0 aliphatic heterocycles. The fourth-order valence-electron chi connectivity index (χ4n) is 2.39. The first kappa shape index (κ1) is 17.7. The summed E-state index contributed by atoms with van der Waals surface area (Å²) in [5.74, 6) is 0. The van der Waals surface area contributed by atoms with Gasteiger partial charge in [0.25, 0.3) is 0 Å². The highest BCUT2D eigenvalue weighted by molar-refractivity contribution is 5.29. The monoisotopic (exact) mass is 313 g/mol. The van der Waals surface area contributed by atoms with Crippen LogP contribution < -0.4 is 5.73 Å². The van der Waals surface area contributed by atoms with Crippen LogP contribution >= 0.6 is 0 Å². The highest BCUT2D eigenvalue weighted by Gasteiger charge is 2.15. The van der Waals surface area contributed by atoms with E-state index in [4.69, 9.17) is 15.2 Å². The van der Waals surface area contributed by atoms with E-state index >= 15 is 0 Å². The van der Waals surface area contributed by atoms with Gasteiger partial charge in [0, 0.05) is 6.04 Å². The molecule has 0 bridgehead atoms. The average molecular weight is 313 g/mol. The highest BCUT2D eigenvalue weighted by atomic mass is 16.5. The molecule has 3 heteroatoms. The molecule has 2 unspecified atom stereocenters. The van der Waals surface area contributed by atoms with E-state index in [2.05, 4.69) is 31.2 Å². The lowest BCUT2D eigenvalue weighted by Gasteiger charge is -2.21. The molecule has 2 aromatic carbocycles. The van der Waals surface area contributed by atoms with Crippen LogP contribution in [0.2, 0.25) is 0 Å². The van der Waals surface area contributed by atoms with Gasteiger partial charge in [0.05, 0.1) is 19.3 Å². The minimum Gasteiger partial charge on any atom is -0.377 e. The Labute approximate surface area is 139 Å². The Morgan fingerprint density at radius 3 is 1.83 bits per heavy atom. The molecule has 0 fully saturated rings. The van der Waals surface area contributed by atoms with Gasteiger partial charge in [-0.3, -0.25) is 0 Å². The number of hydrogen-bond donors (Lipinski definition) is 1. The smallest absolute Gasteiger partial charge is 0.108 e. The van der Waals surface area contributed by atoms with Crippen molar-refractivity contribution in [3.8, 4) is 0 Å². The summed E-state index contributed by atoms with van der Waals surface area (Å²) < 4.78 is 11.9. The normalized spacial score (nSPS) is 13.9. The van der Waals surface area contributed by atoms with E-state index in [1.165, 1.54) is 11.1 Å². The average Bonchev–Trinajstić information content (AvgIpc) is 2.58. The molecule has 0 radical (unpaired) electrons. The van der Waals surface area contributed by atoms with Crippen LogP contribution in [-0.4, -0.2) is 25.4 Å². The van der Waals surface area contributed by atoms with Gasteiger partial charge in [-0.15, -0.1) is 0 Å². The van der Waals surface area contributed by atoms with Crippen molar-refractivity contribution < 1.29 is 9.47 Å². The first-order chi connectivity index (χ1) is 11.2. The lowest BCUT2D eigenvalue weighted by atomic mass is 10.0. The molecule has 2 rings (SSSR count). The molecule has 3 nitrogen and oxygen atoms in total. The second kappa shape index (κ2) is 9.46. The first-order valence-corrected chi connectivity index (χ1v) is 8.25. The van der Waals surface area contributed by atoms with Gasteiger partial charge in [0.1, 0.15) is 6.10 Å². The quantitative estimate of drug-likeness (QED) is 0.763. The van der Waals surface area contributed by atoms with E-state index in [0.717, 1.165) is 6.42 Å². The molecule has 0 aromatic heterocycles. The summed E-state index contributed by atoms with van der Waals surface area (Å²) in [6.45, 7) is 5.24. The number of ether oxygens (including phenoxy) is 2.